The Labute approximate surface area is 151 Å². The molecule has 1 amide bonds. The number of benzene rings is 1. The highest BCUT2D eigenvalue weighted by atomic mass is 16.2. The van der Waals surface area contributed by atoms with Crippen molar-refractivity contribution in [3.8, 4) is 0 Å². The first-order chi connectivity index (χ1) is 12.4. The SMILES string of the molecule is Cc1[nH]nc2c1c(=O)n(CCCN)c1ccc(NC(=O)CN(C)C)cc21. The molecule has 2 heterocycles. The maximum absolute atomic E-state index is 12.9. The first-order valence-corrected chi connectivity index (χ1v) is 8.58. The third-order valence-electron chi connectivity index (χ3n) is 4.28. The standard InChI is InChI=1S/C18H24N6O2/c1-11-16-17(22-21-11)13-9-12(20-15(25)10-23(2)3)5-6-14(13)24(18(16)26)8-4-7-19/h5-6,9H,4,7-8,10,19H2,1-3H3,(H,20,25)(H,21,22). The van der Waals surface area contributed by atoms with Gasteiger partial charge in [0.05, 0.1) is 17.4 Å². The van der Waals surface area contributed by atoms with Crippen molar-refractivity contribution >= 4 is 33.4 Å². The highest BCUT2D eigenvalue weighted by Gasteiger charge is 2.16. The van der Waals surface area contributed by atoms with Gasteiger partial charge in [0.25, 0.3) is 5.56 Å². The maximum Gasteiger partial charge on any atom is 0.262 e. The lowest BCUT2D eigenvalue weighted by Gasteiger charge is -2.13. The average Bonchev–Trinajstić information content (AvgIpc) is 2.96. The molecule has 0 aliphatic rings. The Morgan fingerprint density at radius 1 is 1.38 bits per heavy atom. The van der Waals surface area contributed by atoms with Crippen molar-refractivity contribution in [1.82, 2.24) is 19.7 Å². The van der Waals surface area contributed by atoms with Gasteiger partial charge in [-0.05, 0) is 52.2 Å². The minimum Gasteiger partial charge on any atom is -0.330 e. The Morgan fingerprint density at radius 3 is 2.85 bits per heavy atom. The van der Waals surface area contributed by atoms with E-state index in [9.17, 15) is 9.59 Å². The smallest absolute Gasteiger partial charge is 0.262 e. The Bertz CT molecular complexity index is 1020. The molecule has 4 N–H and O–H groups in total. The molecule has 0 aliphatic carbocycles. The number of aryl methyl sites for hydroxylation is 2. The third-order valence-corrected chi connectivity index (χ3v) is 4.28. The number of hydrogen-bond acceptors (Lipinski definition) is 5. The van der Waals surface area contributed by atoms with Gasteiger partial charge in [-0.2, -0.15) is 5.10 Å². The van der Waals surface area contributed by atoms with Gasteiger partial charge in [0.15, 0.2) is 0 Å². The number of aromatic nitrogens is 3. The van der Waals surface area contributed by atoms with Crippen LogP contribution in [0.15, 0.2) is 23.0 Å². The van der Waals surface area contributed by atoms with Gasteiger partial charge < -0.3 is 20.5 Å². The molecule has 3 rings (SSSR count). The van der Waals surface area contributed by atoms with Crippen molar-refractivity contribution in [3.05, 3.63) is 34.2 Å². The number of nitrogens with zero attached hydrogens (tertiary/aromatic N) is 3. The molecule has 3 aromatic rings. The Balaban J connectivity index is 2.16. The Hall–Kier alpha value is -2.71. The number of rotatable bonds is 6. The third kappa shape index (κ3) is 3.33. The zero-order chi connectivity index (χ0) is 18.8. The summed E-state index contributed by atoms with van der Waals surface area (Å²) in [4.78, 5) is 26.7. The molecule has 0 atom stereocenters. The molecule has 0 unspecified atom stereocenters. The molecular formula is C18H24N6O2. The number of nitrogens with two attached hydrogens (primary N) is 1. The van der Waals surface area contributed by atoms with Crippen LogP contribution in [0.25, 0.3) is 21.8 Å². The average molecular weight is 356 g/mol. The highest BCUT2D eigenvalue weighted by Crippen LogP contribution is 2.26. The molecule has 8 nitrogen and oxygen atoms in total. The molecule has 0 spiro atoms. The summed E-state index contributed by atoms with van der Waals surface area (Å²) in [6.07, 6.45) is 0.707. The summed E-state index contributed by atoms with van der Waals surface area (Å²) in [6.45, 7) is 3.18. The van der Waals surface area contributed by atoms with Crippen LogP contribution in [0.1, 0.15) is 12.1 Å². The predicted molar refractivity (Wildman–Crippen MR) is 103 cm³/mol. The maximum atomic E-state index is 12.9. The molecule has 0 saturated carbocycles. The van der Waals surface area contributed by atoms with Crippen LogP contribution in [-0.4, -0.2) is 52.8 Å². The molecule has 2 aromatic heterocycles. The van der Waals surface area contributed by atoms with Crippen molar-refractivity contribution in [2.75, 3.05) is 32.5 Å². The van der Waals surface area contributed by atoms with E-state index in [-0.39, 0.29) is 11.5 Å². The number of H-pyrrole nitrogens is 1. The van der Waals surface area contributed by atoms with Crippen molar-refractivity contribution in [3.63, 3.8) is 0 Å². The van der Waals surface area contributed by atoms with E-state index in [4.69, 9.17) is 5.73 Å². The van der Waals surface area contributed by atoms with Gasteiger partial charge in [-0.15, -0.1) is 0 Å². The highest BCUT2D eigenvalue weighted by molar-refractivity contribution is 6.06. The van der Waals surface area contributed by atoms with Crippen LogP contribution in [0, 0.1) is 6.92 Å². The monoisotopic (exact) mass is 356 g/mol. The number of aromatic amines is 1. The number of likely N-dealkylation sites (N-methyl/N-ethyl adjacent to an activating group) is 1. The molecule has 8 heteroatoms. The van der Waals surface area contributed by atoms with E-state index in [1.54, 1.807) is 15.5 Å². The van der Waals surface area contributed by atoms with E-state index in [1.165, 1.54) is 0 Å². The van der Waals surface area contributed by atoms with Gasteiger partial charge >= 0.3 is 0 Å². The lowest BCUT2D eigenvalue weighted by atomic mass is 10.1. The van der Waals surface area contributed by atoms with E-state index < -0.39 is 0 Å². The van der Waals surface area contributed by atoms with E-state index in [0.29, 0.717) is 42.6 Å². The molecule has 0 saturated heterocycles. The zero-order valence-corrected chi connectivity index (χ0v) is 15.3. The Morgan fingerprint density at radius 2 is 2.15 bits per heavy atom. The van der Waals surface area contributed by atoms with Gasteiger partial charge in [0, 0.05) is 23.3 Å². The van der Waals surface area contributed by atoms with E-state index in [2.05, 4.69) is 15.5 Å². The van der Waals surface area contributed by atoms with E-state index in [0.717, 1.165) is 16.6 Å². The molecular weight excluding hydrogens is 332 g/mol. The molecule has 0 fully saturated rings. The number of fused-ring (bicyclic) bond motifs is 3. The van der Waals surface area contributed by atoms with Crippen LogP contribution >= 0.6 is 0 Å². The number of carbonyl (C=O) groups excluding carboxylic acids is 1. The van der Waals surface area contributed by atoms with Crippen molar-refractivity contribution in [2.24, 2.45) is 5.73 Å². The summed E-state index contributed by atoms with van der Waals surface area (Å²) in [7, 11) is 3.68. The second-order valence-corrected chi connectivity index (χ2v) is 6.69. The molecule has 0 radical (unpaired) electrons. The second-order valence-electron chi connectivity index (χ2n) is 6.69. The van der Waals surface area contributed by atoms with Gasteiger partial charge in [0.1, 0.15) is 5.52 Å². The van der Waals surface area contributed by atoms with Crippen molar-refractivity contribution < 1.29 is 4.79 Å². The number of pyridine rings is 1. The lowest BCUT2D eigenvalue weighted by Crippen LogP contribution is -2.27. The molecule has 1 aromatic carbocycles. The van der Waals surface area contributed by atoms with Gasteiger partial charge in [-0.1, -0.05) is 0 Å². The number of anilines is 1. The molecule has 26 heavy (non-hydrogen) atoms. The fraction of sp³-hybridized carbons (Fsp3) is 0.389. The summed E-state index contributed by atoms with van der Waals surface area (Å²) in [5, 5.41) is 11.5. The fourth-order valence-corrected chi connectivity index (χ4v) is 3.13. The summed E-state index contributed by atoms with van der Waals surface area (Å²) in [6, 6.07) is 5.52. The van der Waals surface area contributed by atoms with Gasteiger partial charge in [-0.25, -0.2) is 0 Å². The van der Waals surface area contributed by atoms with Crippen LogP contribution in [0.3, 0.4) is 0 Å². The summed E-state index contributed by atoms with van der Waals surface area (Å²) in [5.41, 5.74) is 8.37. The fourth-order valence-electron chi connectivity index (χ4n) is 3.13. The molecule has 138 valence electrons. The van der Waals surface area contributed by atoms with E-state index in [1.807, 2.05) is 33.2 Å². The number of carbonyl (C=O) groups is 1. The van der Waals surface area contributed by atoms with Gasteiger partial charge in [-0.3, -0.25) is 14.7 Å². The largest absolute Gasteiger partial charge is 0.330 e. The van der Waals surface area contributed by atoms with Crippen LogP contribution in [0.5, 0.6) is 0 Å². The Kier molecular flexibility index (Phi) is 5.06. The molecule has 0 bridgehead atoms. The minimum atomic E-state index is -0.0970. The van der Waals surface area contributed by atoms with Crippen LogP contribution in [0.4, 0.5) is 5.69 Å². The second kappa shape index (κ2) is 7.27. The topological polar surface area (TPSA) is 109 Å². The minimum absolute atomic E-state index is 0.0726. The van der Waals surface area contributed by atoms with Crippen LogP contribution in [-0.2, 0) is 11.3 Å². The summed E-state index contributed by atoms with van der Waals surface area (Å²) >= 11 is 0. The summed E-state index contributed by atoms with van der Waals surface area (Å²) in [5.74, 6) is -0.0970. The van der Waals surface area contributed by atoms with Crippen molar-refractivity contribution in [1.29, 1.82) is 0 Å². The van der Waals surface area contributed by atoms with Crippen LogP contribution in [0.2, 0.25) is 0 Å². The van der Waals surface area contributed by atoms with Crippen LogP contribution < -0.4 is 16.6 Å². The first-order valence-electron chi connectivity index (χ1n) is 8.58. The lowest BCUT2D eigenvalue weighted by molar-refractivity contribution is -0.116. The molecule has 0 aliphatic heterocycles. The summed E-state index contributed by atoms with van der Waals surface area (Å²) < 4.78 is 1.73. The van der Waals surface area contributed by atoms with E-state index >= 15 is 0 Å². The number of nitrogens with one attached hydrogen (secondary N) is 2. The van der Waals surface area contributed by atoms with Gasteiger partial charge in [0.2, 0.25) is 5.91 Å². The number of amides is 1. The number of hydrogen-bond donors (Lipinski definition) is 3. The first kappa shape index (κ1) is 18.1. The quantitative estimate of drug-likeness (QED) is 0.611. The normalized spacial score (nSPS) is 11.6. The zero-order valence-electron chi connectivity index (χ0n) is 15.3. The predicted octanol–water partition coefficient (Wildman–Crippen LogP) is 1.04. The van der Waals surface area contributed by atoms with Crippen molar-refractivity contribution in [2.45, 2.75) is 19.9 Å².